The zero-order valence-corrected chi connectivity index (χ0v) is 15.8. The summed E-state index contributed by atoms with van der Waals surface area (Å²) in [6.07, 6.45) is -4.93. The number of aromatic nitrogens is 1. The predicted molar refractivity (Wildman–Crippen MR) is 100 cm³/mol. The van der Waals surface area contributed by atoms with Gasteiger partial charge < -0.3 is 14.4 Å². The molecule has 1 aromatic heterocycles. The molecule has 0 bridgehead atoms. The van der Waals surface area contributed by atoms with E-state index in [-0.39, 0.29) is 23.2 Å². The Morgan fingerprint density at radius 3 is 2.39 bits per heavy atom. The van der Waals surface area contributed by atoms with E-state index >= 15 is 0 Å². The average molecular weight is 412 g/mol. The molecular formula is C20H17ClF3NO3. The molecule has 0 fully saturated rings. The number of halogens is 4. The maximum atomic E-state index is 13.6. The van der Waals surface area contributed by atoms with Gasteiger partial charge in [-0.2, -0.15) is 13.2 Å². The topological polar surface area (TPSA) is 51.5 Å². The summed E-state index contributed by atoms with van der Waals surface area (Å²) < 4.78 is 47.6. The fourth-order valence-electron chi connectivity index (χ4n) is 3.38. The van der Waals surface area contributed by atoms with Crippen molar-refractivity contribution in [1.29, 1.82) is 0 Å². The molecule has 0 saturated carbocycles. The molecule has 1 heterocycles. The minimum Gasteiger partial charge on any atom is -0.497 e. The lowest BCUT2D eigenvalue weighted by molar-refractivity contribution is -0.176. The number of aliphatic carboxylic acids is 1. The second-order valence-electron chi connectivity index (χ2n) is 6.41. The number of benzene rings is 2. The van der Waals surface area contributed by atoms with E-state index in [1.807, 2.05) is 0 Å². The SMILES string of the molecule is COc1ccc2c(c1)c(C(C(=O)O)C(F)(F)F)c(C)n2Cc1ccc(Cl)cc1. The number of hydrogen-bond acceptors (Lipinski definition) is 2. The van der Waals surface area contributed by atoms with Crippen LogP contribution < -0.4 is 4.74 Å². The number of carbonyl (C=O) groups is 1. The smallest absolute Gasteiger partial charge is 0.406 e. The number of ether oxygens (including phenoxy) is 1. The summed E-state index contributed by atoms with van der Waals surface area (Å²) in [7, 11) is 1.40. The highest BCUT2D eigenvalue weighted by molar-refractivity contribution is 6.30. The van der Waals surface area contributed by atoms with Crippen LogP contribution in [-0.4, -0.2) is 28.9 Å². The molecule has 0 aliphatic rings. The van der Waals surface area contributed by atoms with Crippen LogP contribution in [0.15, 0.2) is 42.5 Å². The Kier molecular flexibility index (Phi) is 5.30. The number of nitrogens with zero attached hydrogens (tertiary/aromatic N) is 1. The molecule has 0 aliphatic heterocycles. The fourth-order valence-corrected chi connectivity index (χ4v) is 3.51. The summed E-state index contributed by atoms with van der Waals surface area (Å²) in [4.78, 5) is 11.5. The van der Waals surface area contributed by atoms with Crippen LogP contribution >= 0.6 is 11.6 Å². The van der Waals surface area contributed by atoms with Crippen LogP contribution in [0.5, 0.6) is 5.75 Å². The molecular weight excluding hydrogens is 395 g/mol. The number of carboxylic acid groups (broad SMARTS) is 1. The van der Waals surface area contributed by atoms with E-state index in [9.17, 15) is 23.1 Å². The second kappa shape index (κ2) is 7.39. The Balaban J connectivity index is 2.26. The standard InChI is InChI=1S/C20H17ClF3NO3/c1-11-17(18(19(26)27)20(22,23)24)15-9-14(28-2)7-8-16(15)25(11)10-12-3-5-13(21)6-4-12/h3-9,18H,10H2,1-2H3,(H,26,27). The molecule has 0 spiro atoms. The fraction of sp³-hybridized carbons (Fsp3) is 0.250. The molecule has 0 saturated heterocycles. The van der Waals surface area contributed by atoms with Gasteiger partial charge >= 0.3 is 12.1 Å². The quantitative estimate of drug-likeness (QED) is 0.612. The zero-order chi connectivity index (χ0) is 20.6. The van der Waals surface area contributed by atoms with Gasteiger partial charge in [-0.1, -0.05) is 23.7 Å². The van der Waals surface area contributed by atoms with E-state index in [1.54, 1.807) is 41.0 Å². The van der Waals surface area contributed by atoms with E-state index in [1.165, 1.54) is 20.1 Å². The highest BCUT2D eigenvalue weighted by Crippen LogP contribution is 2.42. The van der Waals surface area contributed by atoms with Crippen molar-refractivity contribution in [3.8, 4) is 5.75 Å². The molecule has 28 heavy (non-hydrogen) atoms. The predicted octanol–water partition coefficient (Wildman–Crippen LogP) is 5.39. The second-order valence-corrected chi connectivity index (χ2v) is 6.84. The lowest BCUT2D eigenvalue weighted by atomic mass is 9.95. The average Bonchev–Trinajstić information content (AvgIpc) is 2.87. The van der Waals surface area contributed by atoms with Crippen LogP contribution in [0.25, 0.3) is 10.9 Å². The summed E-state index contributed by atoms with van der Waals surface area (Å²) >= 11 is 5.89. The first kappa shape index (κ1) is 20.1. The number of fused-ring (bicyclic) bond motifs is 1. The molecule has 1 N–H and O–H groups in total. The highest BCUT2D eigenvalue weighted by Gasteiger charge is 2.48. The van der Waals surface area contributed by atoms with Crippen molar-refractivity contribution in [2.24, 2.45) is 0 Å². The van der Waals surface area contributed by atoms with Gasteiger partial charge in [0.2, 0.25) is 0 Å². The van der Waals surface area contributed by atoms with Crippen LogP contribution in [0.4, 0.5) is 13.2 Å². The van der Waals surface area contributed by atoms with Crippen LogP contribution in [0.1, 0.15) is 22.7 Å². The van der Waals surface area contributed by atoms with E-state index in [2.05, 4.69) is 0 Å². The molecule has 1 unspecified atom stereocenters. The van der Waals surface area contributed by atoms with Crippen LogP contribution in [0.3, 0.4) is 0 Å². The van der Waals surface area contributed by atoms with Gasteiger partial charge in [0.25, 0.3) is 0 Å². The van der Waals surface area contributed by atoms with Gasteiger partial charge in [-0.15, -0.1) is 0 Å². The Bertz CT molecular complexity index is 1030. The molecule has 3 rings (SSSR count). The van der Waals surface area contributed by atoms with Crippen LogP contribution in [0.2, 0.25) is 5.02 Å². The lowest BCUT2D eigenvalue weighted by Gasteiger charge is -2.17. The highest BCUT2D eigenvalue weighted by atomic mass is 35.5. The third-order valence-electron chi connectivity index (χ3n) is 4.70. The van der Waals surface area contributed by atoms with Gasteiger partial charge in [-0.25, -0.2) is 0 Å². The van der Waals surface area contributed by atoms with Crippen molar-refractivity contribution in [3.05, 3.63) is 64.3 Å². The maximum Gasteiger partial charge on any atom is 0.406 e. The van der Waals surface area contributed by atoms with Gasteiger partial charge in [0.05, 0.1) is 7.11 Å². The van der Waals surface area contributed by atoms with Crippen molar-refractivity contribution in [2.75, 3.05) is 7.11 Å². The van der Waals surface area contributed by atoms with Crippen molar-refractivity contribution < 1.29 is 27.8 Å². The number of hydrogen-bond donors (Lipinski definition) is 1. The molecule has 148 valence electrons. The molecule has 0 aliphatic carbocycles. The normalized spacial score (nSPS) is 12.9. The maximum absolute atomic E-state index is 13.6. The minimum atomic E-state index is -4.93. The molecule has 2 aromatic carbocycles. The van der Waals surface area contributed by atoms with Gasteiger partial charge in [-0.3, -0.25) is 4.79 Å². The van der Waals surface area contributed by atoms with Gasteiger partial charge in [0.15, 0.2) is 5.92 Å². The van der Waals surface area contributed by atoms with E-state index in [0.717, 1.165) is 5.56 Å². The summed E-state index contributed by atoms with van der Waals surface area (Å²) in [5.41, 5.74) is 1.29. The molecule has 1 atom stereocenters. The molecule has 0 amide bonds. The first-order valence-corrected chi connectivity index (χ1v) is 8.72. The van der Waals surface area contributed by atoms with Crippen molar-refractivity contribution in [1.82, 2.24) is 4.57 Å². The Morgan fingerprint density at radius 1 is 1.21 bits per heavy atom. The zero-order valence-electron chi connectivity index (χ0n) is 15.0. The summed E-state index contributed by atoms with van der Waals surface area (Å²) in [6.45, 7) is 1.77. The largest absolute Gasteiger partial charge is 0.497 e. The van der Waals surface area contributed by atoms with E-state index < -0.39 is 18.1 Å². The van der Waals surface area contributed by atoms with Gasteiger partial charge in [0.1, 0.15) is 5.75 Å². The number of alkyl halides is 3. The Labute approximate surface area is 164 Å². The molecule has 4 nitrogen and oxygen atoms in total. The Morgan fingerprint density at radius 2 is 1.86 bits per heavy atom. The number of rotatable bonds is 5. The summed E-state index contributed by atoms with van der Waals surface area (Å²) in [6, 6.07) is 11.6. The number of methoxy groups -OCH3 is 1. The summed E-state index contributed by atoms with van der Waals surface area (Å²) in [5.74, 6) is -4.22. The first-order valence-electron chi connectivity index (χ1n) is 8.34. The van der Waals surface area contributed by atoms with Crippen LogP contribution in [0, 0.1) is 6.92 Å². The third-order valence-corrected chi connectivity index (χ3v) is 4.95. The van der Waals surface area contributed by atoms with Crippen molar-refractivity contribution in [3.63, 3.8) is 0 Å². The Hall–Kier alpha value is -2.67. The van der Waals surface area contributed by atoms with Gasteiger partial charge in [0, 0.05) is 33.7 Å². The van der Waals surface area contributed by atoms with Crippen molar-refractivity contribution >= 4 is 28.5 Å². The van der Waals surface area contributed by atoms with E-state index in [0.29, 0.717) is 16.3 Å². The van der Waals surface area contributed by atoms with Crippen LogP contribution in [-0.2, 0) is 11.3 Å². The number of carboxylic acids is 1. The summed E-state index contributed by atoms with van der Waals surface area (Å²) in [5, 5.41) is 10.1. The van der Waals surface area contributed by atoms with Gasteiger partial charge in [-0.05, 0) is 42.8 Å². The molecule has 3 aromatic rings. The molecule has 0 radical (unpaired) electrons. The van der Waals surface area contributed by atoms with E-state index in [4.69, 9.17) is 16.3 Å². The lowest BCUT2D eigenvalue weighted by Crippen LogP contribution is -2.29. The van der Waals surface area contributed by atoms with Crippen molar-refractivity contribution in [2.45, 2.75) is 25.6 Å². The first-order chi connectivity index (χ1) is 13.1. The third kappa shape index (κ3) is 3.67. The monoisotopic (exact) mass is 411 g/mol. The minimum absolute atomic E-state index is 0.204. The molecule has 8 heteroatoms.